The zero-order valence-corrected chi connectivity index (χ0v) is 28.3. The van der Waals surface area contributed by atoms with Gasteiger partial charge < -0.3 is 20.1 Å². The molecule has 0 aliphatic carbocycles. The Bertz CT molecular complexity index is 755. The van der Waals surface area contributed by atoms with Gasteiger partial charge in [-0.05, 0) is 62.3 Å². The first-order chi connectivity index (χ1) is 19.9. The summed E-state index contributed by atoms with van der Waals surface area (Å²) < 4.78 is 5.60. The van der Waals surface area contributed by atoms with Crippen molar-refractivity contribution >= 4 is 5.97 Å². The van der Waals surface area contributed by atoms with Crippen LogP contribution in [-0.4, -0.2) is 168 Å². The molecule has 43 heavy (non-hydrogen) atoms. The van der Waals surface area contributed by atoms with E-state index in [9.17, 15) is 20.1 Å². The summed E-state index contributed by atoms with van der Waals surface area (Å²) in [6.45, 7) is 23.4. The third-order valence-corrected chi connectivity index (χ3v) is 6.53. The molecule has 13 nitrogen and oxygen atoms in total. The van der Waals surface area contributed by atoms with Gasteiger partial charge in [0.05, 0.1) is 56.3 Å². The van der Waals surface area contributed by atoms with Crippen LogP contribution in [0.5, 0.6) is 0 Å². The van der Waals surface area contributed by atoms with Gasteiger partial charge in [0.2, 0.25) is 0 Å². The van der Waals surface area contributed by atoms with Crippen molar-refractivity contribution in [1.29, 1.82) is 0 Å². The molecule has 1 heterocycles. The van der Waals surface area contributed by atoms with Crippen molar-refractivity contribution in [2.24, 2.45) is 0 Å². The number of hydrogen-bond donors (Lipinski definition) is 3. The molecule has 0 bridgehead atoms. The van der Waals surface area contributed by atoms with E-state index in [1.807, 2.05) is 72.1 Å². The van der Waals surface area contributed by atoms with Crippen LogP contribution in [0.4, 0.5) is 0 Å². The number of ether oxygens (including phenoxy) is 1. The average molecular weight is 623 g/mol. The van der Waals surface area contributed by atoms with Crippen LogP contribution in [-0.2, 0) is 29.1 Å². The van der Waals surface area contributed by atoms with E-state index in [0.29, 0.717) is 65.6 Å². The van der Waals surface area contributed by atoms with Crippen LogP contribution >= 0.6 is 0 Å². The number of aliphatic hydroxyl groups is 3. The molecule has 1 rings (SSSR count). The summed E-state index contributed by atoms with van der Waals surface area (Å²) in [4.78, 5) is 43.2. The van der Waals surface area contributed by atoms with E-state index in [2.05, 4.69) is 9.80 Å². The summed E-state index contributed by atoms with van der Waals surface area (Å²) in [6, 6.07) is -0.643. The molecule has 0 amide bonds. The van der Waals surface area contributed by atoms with Gasteiger partial charge in [-0.1, -0.05) is 0 Å². The largest absolute Gasteiger partial charge is 0.459 e. The molecule has 3 N–H and O–H groups in total. The molecule has 1 saturated heterocycles. The summed E-state index contributed by atoms with van der Waals surface area (Å²) >= 11 is 0. The van der Waals surface area contributed by atoms with Crippen LogP contribution in [0.25, 0.3) is 0 Å². The molecule has 0 saturated carbocycles. The van der Waals surface area contributed by atoms with Crippen molar-refractivity contribution in [3.8, 4) is 0 Å². The zero-order valence-electron chi connectivity index (χ0n) is 28.3. The summed E-state index contributed by atoms with van der Waals surface area (Å²) in [7, 11) is 0. The van der Waals surface area contributed by atoms with Crippen LogP contribution in [0, 0.1) is 0 Å². The second-order valence-electron chi connectivity index (χ2n) is 14.1. The highest BCUT2D eigenvalue weighted by Crippen LogP contribution is 2.12. The molecule has 1 fully saturated rings. The number of aliphatic hydroxyl groups excluding tert-OH is 3. The normalized spacial score (nSPS) is 19.9. The lowest BCUT2D eigenvalue weighted by Crippen LogP contribution is -2.54. The average Bonchev–Trinajstić information content (AvgIpc) is 2.87. The lowest BCUT2D eigenvalue weighted by molar-refractivity contribution is -0.349. The maximum absolute atomic E-state index is 12.8. The van der Waals surface area contributed by atoms with Gasteiger partial charge in [-0.25, -0.2) is 19.6 Å². The third kappa shape index (κ3) is 19.9. The van der Waals surface area contributed by atoms with Crippen molar-refractivity contribution in [1.82, 2.24) is 19.6 Å². The Morgan fingerprint density at radius 3 is 1.47 bits per heavy atom. The number of esters is 1. The van der Waals surface area contributed by atoms with E-state index >= 15 is 0 Å². The summed E-state index contributed by atoms with van der Waals surface area (Å²) in [5, 5.41) is 30.3. The minimum absolute atomic E-state index is 0.117. The molecule has 13 heteroatoms. The van der Waals surface area contributed by atoms with Gasteiger partial charge >= 0.3 is 5.97 Å². The number of hydrogen-bond acceptors (Lipinski definition) is 13. The lowest BCUT2D eigenvalue weighted by Gasteiger charge is -2.38. The van der Waals surface area contributed by atoms with Gasteiger partial charge in [0.1, 0.15) is 5.60 Å². The number of nitrogens with zero attached hydrogens (tertiary/aromatic N) is 4. The molecule has 2 atom stereocenters. The summed E-state index contributed by atoms with van der Waals surface area (Å²) in [6.07, 6.45) is -1.10. The standard InChI is InChI=1S/C30H62N4O9/c1-28(2,3)41-27(38)22-33-13-12-31(18-20-39-42-29(4,5)6)10-11-32(19-21-40-43-30(7,8)9)14-16-34(17-15-33)25(23-35)26(37)24-36/h25-26,35-37H,10-24H2,1-9H3. The van der Waals surface area contributed by atoms with E-state index in [1.54, 1.807) is 0 Å². The van der Waals surface area contributed by atoms with Gasteiger partial charge in [0.25, 0.3) is 0 Å². The summed E-state index contributed by atoms with van der Waals surface area (Å²) in [5.41, 5.74) is -1.41. The predicted octanol–water partition coefficient (Wildman–Crippen LogP) is 0.757. The molecule has 0 aromatic heterocycles. The molecule has 2 unspecified atom stereocenters. The third-order valence-electron chi connectivity index (χ3n) is 6.53. The molecular weight excluding hydrogens is 560 g/mol. The molecule has 1 aliphatic heterocycles. The number of carbonyl (C=O) groups excluding carboxylic acids is 1. The Morgan fingerprint density at radius 1 is 0.651 bits per heavy atom. The van der Waals surface area contributed by atoms with Crippen LogP contribution in [0.15, 0.2) is 0 Å². The predicted molar refractivity (Wildman–Crippen MR) is 164 cm³/mol. The summed E-state index contributed by atoms with van der Waals surface area (Å²) in [5.74, 6) is -0.308. The fourth-order valence-corrected chi connectivity index (χ4v) is 4.42. The van der Waals surface area contributed by atoms with E-state index in [-0.39, 0.29) is 19.1 Å². The monoisotopic (exact) mass is 622 g/mol. The van der Waals surface area contributed by atoms with Crippen molar-refractivity contribution in [2.75, 3.05) is 98.4 Å². The van der Waals surface area contributed by atoms with Crippen molar-refractivity contribution < 1.29 is 44.4 Å². The van der Waals surface area contributed by atoms with E-state index < -0.39 is 35.6 Å². The lowest BCUT2D eigenvalue weighted by atomic mass is 10.1. The molecule has 256 valence electrons. The minimum Gasteiger partial charge on any atom is -0.459 e. The Kier molecular flexibility index (Phi) is 18.2. The van der Waals surface area contributed by atoms with Crippen LogP contribution in [0.2, 0.25) is 0 Å². The molecule has 0 aromatic rings. The smallest absolute Gasteiger partial charge is 0.320 e. The van der Waals surface area contributed by atoms with Gasteiger partial charge in [0, 0.05) is 65.4 Å². The van der Waals surface area contributed by atoms with Crippen LogP contribution in [0.3, 0.4) is 0 Å². The second kappa shape index (κ2) is 19.5. The van der Waals surface area contributed by atoms with Gasteiger partial charge in [-0.2, -0.15) is 0 Å². The highest BCUT2D eigenvalue weighted by Gasteiger charge is 2.28. The van der Waals surface area contributed by atoms with Crippen LogP contribution < -0.4 is 0 Å². The van der Waals surface area contributed by atoms with Gasteiger partial charge in [-0.15, -0.1) is 0 Å². The molecule has 0 aromatic carbocycles. The molecule has 1 aliphatic rings. The maximum atomic E-state index is 12.8. The highest BCUT2D eigenvalue weighted by atomic mass is 17.2. The Balaban J connectivity index is 3.10. The quantitative estimate of drug-likeness (QED) is 0.109. The Hall–Kier alpha value is -0.970. The van der Waals surface area contributed by atoms with Gasteiger partial charge in [-0.3, -0.25) is 24.4 Å². The number of carbonyl (C=O) groups is 1. The first kappa shape index (κ1) is 40.1. The zero-order chi connectivity index (χ0) is 32.7. The van der Waals surface area contributed by atoms with E-state index in [0.717, 1.165) is 13.1 Å². The SMILES string of the molecule is CC(C)(C)OOCCN1CCN(CCOOC(C)(C)C)CCN(C(CO)C(O)CO)CCN(CC(=O)OC(C)(C)C)CC1. The number of rotatable bonds is 14. The van der Waals surface area contributed by atoms with Crippen molar-refractivity contribution in [3.63, 3.8) is 0 Å². The molecule has 0 radical (unpaired) electrons. The minimum atomic E-state index is -1.10. The molecule has 0 spiro atoms. The Labute approximate surface area is 259 Å². The molecular formula is C30H62N4O9. The second-order valence-corrected chi connectivity index (χ2v) is 14.1. The fraction of sp³-hybridized carbons (Fsp3) is 0.967. The fourth-order valence-electron chi connectivity index (χ4n) is 4.42. The first-order valence-corrected chi connectivity index (χ1v) is 15.6. The van der Waals surface area contributed by atoms with Crippen molar-refractivity contribution in [3.05, 3.63) is 0 Å². The highest BCUT2D eigenvalue weighted by molar-refractivity contribution is 5.72. The topological polar surface area (TPSA) is 137 Å². The van der Waals surface area contributed by atoms with E-state index in [4.69, 9.17) is 24.3 Å². The first-order valence-electron chi connectivity index (χ1n) is 15.6. The van der Waals surface area contributed by atoms with Gasteiger partial charge in [0.15, 0.2) is 0 Å². The van der Waals surface area contributed by atoms with Crippen molar-refractivity contribution in [2.45, 2.75) is 91.3 Å². The van der Waals surface area contributed by atoms with E-state index in [1.165, 1.54) is 0 Å². The van der Waals surface area contributed by atoms with Crippen LogP contribution in [0.1, 0.15) is 62.3 Å². The Morgan fingerprint density at radius 2 is 1.07 bits per heavy atom. The maximum Gasteiger partial charge on any atom is 0.320 e.